The molecule has 0 saturated carbocycles. The number of rotatable bonds is 8. The maximum atomic E-state index is 12.5. The monoisotopic (exact) mass is 384 g/mol. The zero-order chi connectivity index (χ0) is 20.7. The van der Waals surface area contributed by atoms with Crippen LogP contribution in [0.3, 0.4) is 0 Å². The Morgan fingerprint density at radius 1 is 1.00 bits per heavy atom. The van der Waals surface area contributed by atoms with Crippen molar-refractivity contribution in [3.63, 3.8) is 0 Å². The summed E-state index contributed by atoms with van der Waals surface area (Å²) in [5.74, 6) is 0.796. The molecule has 6 heteroatoms. The molecule has 2 amide bonds. The molecule has 0 aromatic heterocycles. The molecule has 1 unspecified atom stereocenters. The van der Waals surface area contributed by atoms with Crippen LogP contribution in [0.4, 0.5) is 11.4 Å². The van der Waals surface area contributed by atoms with Crippen LogP contribution in [0.5, 0.6) is 5.75 Å². The SMILES string of the molecule is COc1ccc(NC(=O)C[NH+](C)CC(=O)Nc2c(C)cccc2C(C)C)cc1. The molecule has 0 aliphatic rings. The van der Waals surface area contributed by atoms with Crippen LogP contribution in [0.1, 0.15) is 30.9 Å². The fraction of sp³-hybridized carbons (Fsp3) is 0.364. The summed E-state index contributed by atoms with van der Waals surface area (Å²) in [6.07, 6.45) is 0. The largest absolute Gasteiger partial charge is 0.497 e. The maximum Gasteiger partial charge on any atom is 0.279 e. The van der Waals surface area contributed by atoms with Crippen molar-refractivity contribution in [1.29, 1.82) is 0 Å². The van der Waals surface area contributed by atoms with Crippen LogP contribution in [0.15, 0.2) is 42.5 Å². The maximum absolute atomic E-state index is 12.5. The van der Waals surface area contributed by atoms with Gasteiger partial charge in [0.2, 0.25) is 0 Å². The lowest BCUT2D eigenvalue weighted by atomic mass is 9.98. The number of para-hydroxylation sites is 1. The Labute approximate surface area is 166 Å². The Morgan fingerprint density at radius 2 is 1.61 bits per heavy atom. The Bertz CT molecular complexity index is 816. The molecule has 28 heavy (non-hydrogen) atoms. The number of amides is 2. The molecular formula is C22H30N3O3+. The summed E-state index contributed by atoms with van der Waals surface area (Å²) in [4.78, 5) is 25.5. The van der Waals surface area contributed by atoms with Crippen LogP contribution in [-0.4, -0.2) is 39.1 Å². The minimum absolute atomic E-state index is 0.106. The van der Waals surface area contributed by atoms with Crippen LogP contribution in [0.2, 0.25) is 0 Å². The Morgan fingerprint density at radius 3 is 2.18 bits per heavy atom. The summed E-state index contributed by atoms with van der Waals surface area (Å²) in [5.41, 5.74) is 3.72. The second kappa shape index (κ2) is 9.90. The molecule has 2 rings (SSSR count). The van der Waals surface area contributed by atoms with E-state index in [0.29, 0.717) is 11.6 Å². The van der Waals surface area contributed by atoms with Crippen molar-refractivity contribution in [3.05, 3.63) is 53.6 Å². The number of aryl methyl sites for hydroxylation is 1. The number of hydrogen-bond acceptors (Lipinski definition) is 3. The average Bonchev–Trinajstić information content (AvgIpc) is 2.63. The lowest BCUT2D eigenvalue weighted by Gasteiger charge is -2.18. The fourth-order valence-electron chi connectivity index (χ4n) is 3.02. The molecule has 0 spiro atoms. The Balaban J connectivity index is 1.89. The van der Waals surface area contributed by atoms with Crippen LogP contribution >= 0.6 is 0 Å². The Hall–Kier alpha value is -2.86. The smallest absolute Gasteiger partial charge is 0.279 e. The molecule has 0 aliphatic carbocycles. The molecule has 0 bridgehead atoms. The third-order valence-electron chi connectivity index (χ3n) is 4.49. The van der Waals surface area contributed by atoms with Gasteiger partial charge in [0.25, 0.3) is 11.8 Å². The quantitative estimate of drug-likeness (QED) is 0.654. The Kier molecular flexibility index (Phi) is 7.58. The molecule has 150 valence electrons. The fourth-order valence-corrected chi connectivity index (χ4v) is 3.02. The van der Waals surface area contributed by atoms with Gasteiger partial charge in [-0.1, -0.05) is 32.0 Å². The van der Waals surface area contributed by atoms with Crippen molar-refractivity contribution in [2.24, 2.45) is 0 Å². The number of anilines is 2. The van der Waals surface area contributed by atoms with Gasteiger partial charge in [-0.3, -0.25) is 9.59 Å². The number of ether oxygens (including phenoxy) is 1. The first-order chi connectivity index (χ1) is 13.3. The van der Waals surface area contributed by atoms with Gasteiger partial charge in [0, 0.05) is 11.4 Å². The van der Waals surface area contributed by atoms with E-state index in [1.54, 1.807) is 31.4 Å². The van der Waals surface area contributed by atoms with Gasteiger partial charge < -0.3 is 20.3 Å². The molecule has 0 saturated heterocycles. The summed E-state index contributed by atoms with van der Waals surface area (Å²) in [5, 5.41) is 5.85. The van der Waals surface area contributed by atoms with Crippen molar-refractivity contribution >= 4 is 23.2 Å². The molecule has 0 aliphatic heterocycles. The van der Waals surface area contributed by atoms with Crippen LogP contribution < -0.4 is 20.3 Å². The zero-order valence-electron chi connectivity index (χ0n) is 17.3. The van der Waals surface area contributed by atoms with E-state index in [2.05, 4.69) is 24.5 Å². The number of carbonyl (C=O) groups is 2. The minimum Gasteiger partial charge on any atom is -0.497 e. The number of methoxy groups -OCH3 is 1. The average molecular weight is 385 g/mol. The van der Waals surface area contributed by atoms with Gasteiger partial charge in [-0.25, -0.2) is 0 Å². The van der Waals surface area contributed by atoms with E-state index in [1.807, 2.05) is 32.2 Å². The standard InChI is InChI=1S/C22H29N3O3/c1-15(2)19-8-6-7-16(3)22(19)24-21(27)14-25(4)13-20(26)23-17-9-11-18(28-5)12-10-17/h6-12,15H,13-14H2,1-5H3,(H,23,26)(H,24,27)/p+1. The van der Waals surface area contributed by atoms with Crippen LogP contribution in [-0.2, 0) is 9.59 Å². The van der Waals surface area contributed by atoms with Gasteiger partial charge in [0.05, 0.1) is 14.2 Å². The number of nitrogens with one attached hydrogen (secondary N) is 3. The second-order valence-corrected chi connectivity index (χ2v) is 7.33. The molecule has 3 N–H and O–H groups in total. The molecular weight excluding hydrogens is 354 g/mol. The molecule has 2 aromatic rings. The highest BCUT2D eigenvalue weighted by Crippen LogP contribution is 2.27. The predicted octanol–water partition coefficient (Wildman–Crippen LogP) is 2.22. The number of likely N-dealkylation sites (N-methyl/N-ethyl adjacent to an activating group) is 1. The summed E-state index contributed by atoms with van der Waals surface area (Å²) in [6, 6.07) is 13.2. The number of carbonyl (C=O) groups excluding carboxylic acids is 2. The third kappa shape index (κ3) is 6.09. The molecule has 2 aromatic carbocycles. The first kappa shape index (κ1) is 21.4. The van der Waals surface area contributed by atoms with E-state index >= 15 is 0 Å². The van der Waals surface area contributed by atoms with E-state index in [9.17, 15) is 9.59 Å². The summed E-state index contributed by atoms with van der Waals surface area (Å²) < 4.78 is 5.10. The number of quaternary nitrogens is 1. The highest BCUT2D eigenvalue weighted by Gasteiger charge is 2.17. The molecule has 0 radical (unpaired) electrons. The molecule has 0 heterocycles. The normalized spacial score (nSPS) is 11.8. The van der Waals surface area contributed by atoms with Crippen LogP contribution in [0, 0.1) is 6.92 Å². The zero-order valence-corrected chi connectivity index (χ0v) is 17.3. The molecule has 0 fully saturated rings. The number of hydrogen-bond donors (Lipinski definition) is 3. The van der Waals surface area contributed by atoms with E-state index in [0.717, 1.165) is 27.5 Å². The van der Waals surface area contributed by atoms with Gasteiger partial charge in [0.15, 0.2) is 13.1 Å². The summed E-state index contributed by atoms with van der Waals surface area (Å²) in [7, 11) is 3.42. The lowest BCUT2D eigenvalue weighted by molar-refractivity contribution is -0.862. The third-order valence-corrected chi connectivity index (χ3v) is 4.49. The van der Waals surface area contributed by atoms with E-state index in [-0.39, 0.29) is 24.9 Å². The van der Waals surface area contributed by atoms with Crippen molar-refractivity contribution in [3.8, 4) is 5.75 Å². The van der Waals surface area contributed by atoms with Gasteiger partial charge in [0.1, 0.15) is 5.75 Å². The van der Waals surface area contributed by atoms with Crippen molar-refractivity contribution in [2.45, 2.75) is 26.7 Å². The van der Waals surface area contributed by atoms with Gasteiger partial charge in [-0.05, 0) is 48.2 Å². The first-order valence-electron chi connectivity index (χ1n) is 9.44. The highest BCUT2D eigenvalue weighted by atomic mass is 16.5. The van der Waals surface area contributed by atoms with Gasteiger partial charge in [-0.15, -0.1) is 0 Å². The molecule has 6 nitrogen and oxygen atoms in total. The topological polar surface area (TPSA) is 71.9 Å². The summed E-state index contributed by atoms with van der Waals surface area (Å²) >= 11 is 0. The van der Waals surface area contributed by atoms with Crippen molar-refractivity contribution in [1.82, 2.24) is 0 Å². The van der Waals surface area contributed by atoms with Gasteiger partial charge in [-0.2, -0.15) is 0 Å². The highest BCUT2D eigenvalue weighted by molar-refractivity contribution is 5.94. The minimum atomic E-state index is -0.144. The lowest BCUT2D eigenvalue weighted by Crippen LogP contribution is -3.11. The molecule has 1 atom stereocenters. The van der Waals surface area contributed by atoms with Crippen molar-refractivity contribution in [2.75, 3.05) is 37.9 Å². The second-order valence-electron chi connectivity index (χ2n) is 7.33. The van der Waals surface area contributed by atoms with E-state index in [1.165, 1.54) is 0 Å². The summed E-state index contributed by atoms with van der Waals surface area (Å²) in [6.45, 7) is 6.60. The number of benzene rings is 2. The van der Waals surface area contributed by atoms with Gasteiger partial charge >= 0.3 is 0 Å². The predicted molar refractivity (Wildman–Crippen MR) is 112 cm³/mol. The van der Waals surface area contributed by atoms with Crippen molar-refractivity contribution < 1.29 is 19.2 Å². The van der Waals surface area contributed by atoms with Crippen LogP contribution in [0.25, 0.3) is 0 Å². The van der Waals surface area contributed by atoms with E-state index < -0.39 is 0 Å². The first-order valence-corrected chi connectivity index (χ1v) is 9.44. The van der Waals surface area contributed by atoms with E-state index in [4.69, 9.17) is 4.74 Å².